The topological polar surface area (TPSA) is 94.9 Å². The highest BCUT2D eigenvalue weighted by Crippen LogP contribution is 2.33. The highest BCUT2D eigenvalue weighted by atomic mass is 32.2. The fraction of sp³-hybridized carbons (Fsp3) is 0.316. The quantitative estimate of drug-likeness (QED) is 0.777. The van der Waals surface area contributed by atoms with Gasteiger partial charge in [-0.15, -0.1) is 0 Å². The van der Waals surface area contributed by atoms with Gasteiger partial charge in [0.1, 0.15) is 5.76 Å². The third-order valence-electron chi connectivity index (χ3n) is 4.02. The van der Waals surface area contributed by atoms with Crippen LogP contribution in [0.5, 0.6) is 0 Å². The number of amides is 1. The number of furan rings is 1. The van der Waals surface area contributed by atoms with Crippen molar-refractivity contribution in [2.45, 2.75) is 24.8 Å². The van der Waals surface area contributed by atoms with E-state index in [4.69, 9.17) is 14.9 Å². The molecule has 0 bridgehead atoms. The van der Waals surface area contributed by atoms with Crippen LogP contribution in [0.25, 0.3) is 0 Å². The molecule has 26 heavy (non-hydrogen) atoms. The zero-order chi connectivity index (χ0) is 19.2. The highest BCUT2D eigenvalue weighted by molar-refractivity contribution is 7.96. The summed E-state index contributed by atoms with van der Waals surface area (Å²) in [5.74, 6) is 0.253. The van der Waals surface area contributed by atoms with Crippen molar-refractivity contribution in [2.75, 3.05) is 7.05 Å². The number of rotatable bonds is 7. The number of ether oxygens (including phenoxy) is 1. The third-order valence-corrected chi connectivity index (χ3v) is 6.04. The van der Waals surface area contributed by atoms with Gasteiger partial charge in [0.25, 0.3) is 0 Å². The normalized spacial score (nSPS) is 16.2. The Bertz CT molecular complexity index is 851. The summed E-state index contributed by atoms with van der Waals surface area (Å²) < 4.78 is 28.0. The molecule has 2 rings (SSSR count). The minimum Gasteiger partial charge on any atom is -0.465 e. The van der Waals surface area contributed by atoms with Crippen LogP contribution < -0.4 is 5.73 Å². The molecule has 7 heteroatoms. The Morgan fingerprint density at radius 2 is 1.92 bits per heavy atom. The molecule has 0 spiro atoms. The lowest BCUT2D eigenvalue weighted by atomic mass is 9.89. The number of nitrogens with zero attached hydrogens (tertiary/aromatic N) is 1. The van der Waals surface area contributed by atoms with Crippen molar-refractivity contribution in [3.63, 3.8) is 0 Å². The Morgan fingerprint density at radius 3 is 2.42 bits per heavy atom. The lowest BCUT2D eigenvalue weighted by molar-refractivity contribution is 0.0535. The average molecular weight is 376 g/mol. The van der Waals surface area contributed by atoms with Crippen molar-refractivity contribution in [1.82, 2.24) is 0 Å². The number of carbonyl (C=O) groups excluding carboxylic acids is 1. The molecule has 0 radical (unpaired) electrons. The van der Waals surface area contributed by atoms with E-state index >= 15 is 0 Å². The molecule has 1 unspecified atom stereocenters. The van der Waals surface area contributed by atoms with E-state index in [9.17, 15) is 9.00 Å². The maximum atomic E-state index is 13.2. The standard InChI is InChI=1S/C19H24N2O4S/c1-14(2)16(18(25-19(20)22)17-10-7-12-24-17)11-13-26(23,21-3)15-8-5-4-6-9-15/h4-14,16,18H,1-3H3,(H2,20,22)/b13-11-/t16-,18+,26?/m0/s1. The first-order chi connectivity index (χ1) is 12.4. The molecular weight excluding hydrogens is 352 g/mol. The first kappa shape index (κ1) is 19.8. The molecule has 0 fully saturated rings. The maximum Gasteiger partial charge on any atom is 0.405 e. The summed E-state index contributed by atoms with van der Waals surface area (Å²) in [6, 6.07) is 12.5. The van der Waals surface area contributed by atoms with Gasteiger partial charge in [-0.05, 0) is 30.2 Å². The van der Waals surface area contributed by atoms with Crippen molar-refractivity contribution < 1.29 is 18.2 Å². The maximum absolute atomic E-state index is 13.2. The fourth-order valence-electron chi connectivity index (χ4n) is 2.63. The minimum atomic E-state index is -2.72. The van der Waals surface area contributed by atoms with Gasteiger partial charge in [0.15, 0.2) is 6.10 Å². The molecule has 1 aromatic heterocycles. The van der Waals surface area contributed by atoms with E-state index in [1.807, 2.05) is 32.0 Å². The number of hydrogen-bond donors (Lipinski definition) is 1. The van der Waals surface area contributed by atoms with E-state index in [2.05, 4.69) is 4.36 Å². The van der Waals surface area contributed by atoms with Crippen LogP contribution in [-0.2, 0) is 14.5 Å². The van der Waals surface area contributed by atoms with Gasteiger partial charge in [0.05, 0.1) is 20.9 Å². The summed E-state index contributed by atoms with van der Waals surface area (Å²) >= 11 is 0. The molecule has 1 heterocycles. The monoisotopic (exact) mass is 376 g/mol. The number of primary amides is 1. The van der Waals surface area contributed by atoms with E-state index in [0.717, 1.165) is 0 Å². The summed E-state index contributed by atoms with van der Waals surface area (Å²) in [6.45, 7) is 3.95. The van der Waals surface area contributed by atoms with Crippen LogP contribution >= 0.6 is 0 Å². The van der Waals surface area contributed by atoms with E-state index in [-0.39, 0.29) is 11.8 Å². The lowest BCUT2D eigenvalue weighted by Crippen LogP contribution is -2.25. The van der Waals surface area contributed by atoms with Crippen molar-refractivity contribution in [3.05, 3.63) is 66.0 Å². The van der Waals surface area contributed by atoms with Crippen LogP contribution in [0.1, 0.15) is 25.7 Å². The zero-order valence-corrected chi connectivity index (χ0v) is 15.9. The summed E-state index contributed by atoms with van der Waals surface area (Å²) in [6.07, 6.45) is 1.66. The number of carbonyl (C=O) groups is 1. The van der Waals surface area contributed by atoms with Crippen molar-refractivity contribution in [2.24, 2.45) is 21.9 Å². The number of hydrogen-bond acceptors (Lipinski definition) is 5. The van der Waals surface area contributed by atoms with Crippen LogP contribution in [0.3, 0.4) is 0 Å². The number of nitrogens with two attached hydrogens (primary N) is 1. The van der Waals surface area contributed by atoms with Crippen LogP contribution in [-0.4, -0.2) is 17.3 Å². The molecule has 0 aliphatic rings. The van der Waals surface area contributed by atoms with E-state index < -0.39 is 21.9 Å². The summed E-state index contributed by atoms with van der Waals surface area (Å²) in [4.78, 5) is 12.0. The second-order valence-corrected chi connectivity index (χ2v) is 8.33. The Hall–Kier alpha value is -2.54. The molecular formula is C19H24N2O4S. The van der Waals surface area contributed by atoms with Crippen molar-refractivity contribution in [3.8, 4) is 0 Å². The van der Waals surface area contributed by atoms with Gasteiger partial charge in [-0.25, -0.2) is 13.4 Å². The smallest absolute Gasteiger partial charge is 0.405 e. The van der Waals surface area contributed by atoms with Gasteiger partial charge < -0.3 is 14.9 Å². The van der Waals surface area contributed by atoms with E-state index in [0.29, 0.717) is 10.7 Å². The van der Waals surface area contributed by atoms with Gasteiger partial charge in [-0.3, -0.25) is 0 Å². The molecule has 140 valence electrons. The first-order valence-corrected chi connectivity index (χ1v) is 9.83. The Kier molecular flexibility index (Phi) is 6.63. The average Bonchev–Trinajstić information content (AvgIpc) is 3.15. The predicted octanol–water partition coefficient (Wildman–Crippen LogP) is 4.36. The van der Waals surface area contributed by atoms with Crippen LogP contribution in [0.4, 0.5) is 4.79 Å². The van der Waals surface area contributed by atoms with Crippen LogP contribution in [0, 0.1) is 11.8 Å². The molecule has 6 nitrogen and oxygen atoms in total. The Balaban J connectivity index is 2.41. The second-order valence-electron chi connectivity index (χ2n) is 6.09. The molecule has 1 aromatic carbocycles. The van der Waals surface area contributed by atoms with Gasteiger partial charge in [-0.1, -0.05) is 38.1 Å². The summed E-state index contributed by atoms with van der Waals surface area (Å²) in [5.41, 5.74) is 5.23. The van der Waals surface area contributed by atoms with E-state index in [1.165, 1.54) is 13.3 Å². The Morgan fingerprint density at radius 1 is 1.23 bits per heavy atom. The van der Waals surface area contributed by atoms with Crippen molar-refractivity contribution in [1.29, 1.82) is 0 Å². The summed E-state index contributed by atoms with van der Waals surface area (Å²) in [5, 5.41) is 1.58. The highest BCUT2D eigenvalue weighted by Gasteiger charge is 2.29. The summed E-state index contributed by atoms with van der Waals surface area (Å²) in [7, 11) is -1.20. The zero-order valence-electron chi connectivity index (χ0n) is 15.1. The van der Waals surface area contributed by atoms with Gasteiger partial charge in [0.2, 0.25) is 0 Å². The minimum absolute atomic E-state index is 0.0666. The van der Waals surface area contributed by atoms with Gasteiger partial charge in [0, 0.05) is 18.4 Å². The van der Waals surface area contributed by atoms with Crippen LogP contribution in [0.2, 0.25) is 0 Å². The van der Waals surface area contributed by atoms with Gasteiger partial charge in [-0.2, -0.15) is 0 Å². The fourth-order valence-corrected chi connectivity index (χ4v) is 4.07. The van der Waals surface area contributed by atoms with E-state index in [1.54, 1.807) is 35.7 Å². The van der Waals surface area contributed by atoms with Crippen LogP contribution in [0.15, 0.2) is 73.9 Å². The third kappa shape index (κ3) is 4.76. The molecule has 1 amide bonds. The number of benzene rings is 1. The van der Waals surface area contributed by atoms with Crippen molar-refractivity contribution >= 4 is 15.8 Å². The molecule has 0 aliphatic carbocycles. The molecule has 0 saturated carbocycles. The largest absolute Gasteiger partial charge is 0.465 e. The molecule has 0 saturated heterocycles. The molecule has 2 aromatic rings. The SMILES string of the molecule is CN=S(=O)(/C=C\[C@@H](C(C)C)[C@@H](OC(N)=O)c1ccco1)c1ccccc1. The first-order valence-electron chi connectivity index (χ1n) is 8.25. The lowest BCUT2D eigenvalue weighted by Gasteiger charge is -2.25. The van der Waals surface area contributed by atoms with Gasteiger partial charge >= 0.3 is 6.09 Å². The predicted molar refractivity (Wildman–Crippen MR) is 101 cm³/mol. The molecule has 3 atom stereocenters. The molecule has 0 aliphatic heterocycles. The molecule has 2 N–H and O–H groups in total. The Labute approximate surface area is 154 Å². The second kappa shape index (κ2) is 8.71.